The first-order chi connectivity index (χ1) is 9.72. The van der Waals surface area contributed by atoms with Gasteiger partial charge in [0.1, 0.15) is 5.52 Å². The quantitative estimate of drug-likeness (QED) is 0.511. The molecule has 6 nitrogen and oxygen atoms in total. The van der Waals surface area contributed by atoms with Crippen LogP contribution in [0.4, 0.5) is 11.7 Å². The number of nitro groups is 1. The standard InChI is InChI=1S/C14H15N3O3/c18-17(19)11-5-6-12-13(9-11)20-14(16-12)15-8-7-10-3-1-2-4-10/h3,5-6,9H,1-2,4,7-8H2,(H,15,16). The van der Waals surface area contributed by atoms with E-state index in [1.165, 1.54) is 37.0 Å². The average molecular weight is 273 g/mol. The molecule has 1 aromatic heterocycles. The Morgan fingerprint density at radius 2 is 2.35 bits per heavy atom. The summed E-state index contributed by atoms with van der Waals surface area (Å²) in [5.41, 5.74) is 2.54. The van der Waals surface area contributed by atoms with E-state index in [9.17, 15) is 10.1 Å². The first-order valence-electron chi connectivity index (χ1n) is 6.69. The summed E-state index contributed by atoms with van der Waals surface area (Å²) in [5, 5.41) is 13.8. The summed E-state index contributed by atoms with van der Waals surface area (Å²) >= 11 is 0. The van der Waals surface area contributed by atoms with Crippen molar-refractivity contribution < 1.29 is 9.34 Å². The SMILES string of the molecule is O=[N+]([O-])c1ccc2nc(NCCC3=CCCC3)oc2c1. The molecule has 0 radical (unpaired) electrons. The number of hydrogen-bond donors (Lipinski definition) is 1. The topological polar surface area (TPSA) is 81.2 Å². The Labute approximate surface area is 115 Å². The molecule has 0 amide bonds. The predicted octanol–water partition coefficient (Wildman–Crippen LogP) is 3.65. The highest BCUT2D eigenvalue weighted by Crippen LogP contribution is 2.24. The van der Waals surface area contributed by atoms with Crippen LogP contribution < -0.4 is 5.32 Å². The van der Waals surface area contributed by atoms with Gasteiger partial charge in [0.05, 0.1) is 11.0 Å². The molecule has 0 fully saturated rings. The number of fused-ring (bicyclic) bond motifs is 1. The summed E-state index contributed by atoms with van der Waals surface area (Å²) in [6.45, 7) is 0.765. The Bertz CT molecular complexity index is 675. The van der Waals surface area contributed by atoms with E-state index in [4.69, 9.17) is 4.42 Å². The van der Waals surface area contributed by atoms with E-state index in [0.29, 0.717) is 17.1 Å². The van der Waals surface area contributed by atoms with Crippen LogP contribution in [0.1, 0.15) is 25.7 Å². The number of nitrogens with one attached hydrogen (secondary N) is 1. The number of allylic oxidation sites excluding steroid dienone is 1. The van der Waals surface area contributed by atoms with E-state index in [-0.39, 0.29) is 5.69 Å². The van der Waals surface area contributed by atoms with E-state index in [2.05, 4.69) is 16.4 Å². The molecule has 0 unspecified atom stereocenters. The van der Waals surface area contributed by atoms with Crippen molar-refractivity contribution in [1.82, 2.24) is 4.98 Å². The van der Waals surface area contributed by atoms with Gasteiger partial charge in [-0.3, -0.25) is 10.1 Å². The molecule has 0 spiro atoms. The predicted molar refractivity (Wildman–Crippen MR) is 75.7 cm³/mol. The number of hydrogen-bond acceptors (Lipinski definition) is 5. The minimum absolute atomic E-state index is 0.0105. The van der Waals surface area contributed by atoms with Crippen molar-refractivity contribution in [3.05, 3.63) is 40.0 Å². The molecular weight excluding hydrogens is 258 g/mol. The molecule has 0 aliphatic heterocycles. The minimum atomic E-state index is -0.443. The number of aromatic nitrogens is 1. The average Bonchev–Trinajstić information content (AvgIpc) is 3.06. The van der Waals surface area contributed by atoms with Gasteiger partial charge in [-0.15, -0.1) is 0 Å². The van der Waals surface area contributed by atoms with Gasteiger partial charge in [-0.05, 0) is 31.7 Å². The fourth-order valence-corrected chi connectivity index (χ4v) is 2.40. The van der Waals surface area contributed by atoms with Crippen LogP contribution in [0.15, 0.2) is 34.3 Å². The normalized spacial score (nSPS) is 14.5. The van der Waals surface area contributed by atoms with Crippen molar-refractivity contribution in [1.29, 1.82) is 0 Å². The van der Waals surface area contributed by atoms with Gasteiger partial charge in [0.15, 0.2) is 5.58 Å². The molecular formula is C14H15N3O3. The van der Waals surface area contributed by atoms with Crippen molar-refractivity contribution >= 4 is 22.8 Å². The molecule has 0 saturated heterocycles. The van der Waals surface area contributed by atoms with Gasteiger partial charge in [0.25, 0.3) is 11.7 Å². The third-order valence-electron chi connectivity index (χ3n) is 3.44. The van der Waals surface area contributed by atoms with Crippen LogP contribution in [0, 0.1) is 10.1 Å². The fourth-order valence-electron chi connectivity index (χ4n) is 2.40. The lowest BCUT2D eigenvalue weighted by Gasteiger charge is -2.02. The Morgan fingerprint density at radius 3 is 3.10 bits per heavy atom. The highest BCUT2D eigenvalue weighted by atomic mass is 16.6. The van der Waals surface area contributed by atoms with Crippen LogP contribution >= 0.6 is 0 Å². The molecule has 20 heavy (non-hydrogen) atoms. The van der Waals surface area contributed by atoms with Crippen molar-refractivity contribution in [2.24, 2.45) is 0 Å². The molecule has 2 aromatic rings. The van der Waals surface area contributed by atoms with Crippen LogP contribution in [0.3, 0.4) is 0 Å². The number of oxazole rings is 1. The van der Waals surface area contributed by atoms with E-state index in [0.717, 1.165) is 13.0 Å². The fraction of sp³-hybridized carbons (Fsp3) is 0.357. The summed E-state index contributed by atoms with van der Waals surface area (Å²) in [5.74, 6) is 0. The van der Waals surface area contributed by atoms with Crippen molar-refractivity contribution in [3.63, 3.8) is 0 Å². The van der Waals surface area contributed by atoms with Crippen molar-refractivity contribution in [2.45, 2.75) is 25.7 Å². The molecule has 1 aliphatic rings. The van der Waals surface area contributed by atoms with E-state index < -0.39 is 4.92 Å². The van der Waals surface area contributed by atoms with E-state index in [1.807, 2.05) is 0 Å². The maximum Gasteiger partial charge on any atom is 0.295 e. The summed E-state index contributed by atoms with van der Waals surface area (Å²) in [7, 11) is 0. The molecule has 104 valence electrons. The second-order valence-electron chi connectivity index (χ2n) is 4.86. The Balaban J connectivity index is 1.67. The zero-order chi connectivity index (χ0) is 13.9. The first-order valence-corrected chi connectivity index (χ1v) is 6.69. The number of benzene rings is 1. The van der Waals surface area contributed by atoms with Gasteiger partial charge in [-0.2, -0.15) is 4.98 Å². The highest BCUT2D eigenvalue weighted by molar-refractivity contribution is 5.77. The maximum absolute atomic E-state index is 10.7. The van der Waals surface area contributed by atoms with Crippen LogP contribution in [0.5, 0.6) is 0 Å². The second kappa shape index (κ2) is 5.32. The van der Waals surface area contributed by atoms with Crippen molar-refractivity contribution in [2.75, 3.05) is 11.9 Å². The number of nitrogens with zero attached hydrogens (tertiary/aromatic N) is 2. The van der Waals surface area contributed by atoms with Crippen LogP contribution in [-0.4, -0.2) is 16.5 Å². The largest absolute Gasteiger partial charge is 0.423 e. The van der Waals surface area contributed by atoms with Crippen LogP contribution in [-0.2, 0) is 0 Å². The maximum atomic E-state index is 10.7. The molecule has 1 aliphatic carbocycles. The van der Waals surface area contributed by atoms with Gasteiger partial charge in [-0.25, -0.2) is 0 Å². The smallest absolute Gasteiger partial charge is 0.295 e. The Morgan fingerprint density at radius 1 is 1.45 bits per heavy atom. The van der Waals surface area contributed by atoms with Gasteiger partial charge in [0, 0.05) is 12.6 Å². The minimum Gasteiger partial charge on any atom is -0.423 e. The summed E-state index contributed by atoms with van der Waals surface area (Å²) in [6.07, 6.45) is 6.89. The molecule has 3 rings (SSSR count). The van der Waals surface area contributed by atoms with Gasteiger partial charge in [-0.1, -0.05) is 11.6 Å². The number of non-ortho nitro benzene ring substituents is 1. The number of nitro benzene ring substituents is 1. The molecule has 6 heteroatoms. The Hall–Kier alpha value is -2.37. The lowest BCUT2D eigenvalue weighted by atomic mass is 10.2. The monoisotopic (exact) mass is 273 g/mol. The third kappa shape index (κ3) is 2.64. The van der Waals surface area contributed by atoms with Crippen molar-refractivity contribution in [3.8, 4) is 0 Å². The van der Waals surface area contributed by atoms with Gasteiger partial charge < -0.3 is 9.73 Å². The molecule has 0 bridgehead atoms. The molecule has 0 atom stereocenters. The molecule has 1 heterocycles. The second-order valence-corrected chi connectivity index (χ2v) is 4.86. The number of rotatable bonds is 5. The zero-order valence-corrected chi connectivity index (χ0v) is 11.0. The van der Waals surface area contributed by atoms with E-state index >= 15 is 0 Å². The van der Waals surface area contributed by atoms with Crippen LogP contribution in [0.2, 0.25) is 0 Å². The van der Waals surface area contributed by atoms with Crippen LogP contribution in [0.25, 0.3) is 11.1 Å². The van der Waals surface area contributed by atoms with Gasteiger partial charge >= 0.3 is 0 Å². The Kier molecular flexibility index (Phi) is 3.37. The lowest BCUT2D eigenvalue weighted by molar-refractivity contribution is -0.384. The summed E-state index contributed by atoms with van der Waals surface area (Å²) in [6, 6.07) is 4.84. The van der Waals surface area contributed by atoms with E-state index in [1.54, 1.807) is 6.07 Å². The summed E-state index contributed by atoms with van der Waals surface area (Å²) < 4.78 is 5.48. The van der Waals surface area contributed by atoms with Gasteiger partial charge in [0.2, 0.25) is 0 Å². The molecule has 1 aromatic carbocycles. The first kappa shape index (κ1) is 12.7. The lowest BCUT2D eigenvalue weighted by Crippen LogP contribution is -2.02. The third-order valence-corrected chi connectivity index (χ3v) is 3.44. The molecule has 1 N–H and O–H groups in total. The number of anilines is 1. The zero-order valence-electron chi connectivity index (χ0n) is 11.0. The summed E-state index contributed by atoms with van der Waals surface area (Å²) in [4.78, 5) is 14.5. The highest BCUT2D eigenvalue weighted by Gasteiger charge is 2.11. The molecule has 0 saturated carbocycles.